The van der Waals surface area contributed by atoms with Crippen LogP contribution in [0.4, 0.5) is 19.0 Å². The smallest absolute Gasteiger partial charge is 0.181 e. The van der Waals surface area contributed by atoms with E-state index in [-0.39, 0.29) is 12.0 Å². The maximum atomic E-state index is 13.6. The lowest BCUT2D eigenvalue weighted by molar-refractivity contribution is 0.507. The van der Waals surface area contributed by atoms with Crippen LogP contribution >= 0.6 is 11.3 Å². The van der Waals surface area contributed by atoms with E-state index in [1.807, 2.05) is 13.0 Å². The molecule has 4 nitrogen and oxygen atoms in total. The Morgan fingerprint density at radius 3 is 2.66 bits per heavy atom. The van der Waals surface area contributed by atoms with Crippen molar-refractivity contribution in [3.8, 4) is 11.5 Å². The Hall–Kier alpha value is -3.00. The van der Waals surface area contributed by atoms with Gasteiger partial charge in [-0.05, 0) is 49.2 Å². The summed E-state index contributed by atoms with van der Waals surface area (Å²) in [7, 11) is 0. The highest BCUT2D eigenvalue weighted by Gasteiger charge is 2.39. The molecule has 29 heavy (non-hydrogen) atoms. The lowest BCUT2D eigenvalue weighted by atomic mass is 10.1. The van der Waals surface area contributed by atoms with Crippen LogP contribution in [-0.4, -0.2) is 21.0 Å². The molecule has 1 aliphatic carbocycles. The molecule has 1 fully saturated rings. The van der Waals surface area contributed by atoms with E-state index in [0.717, 1.165) is 39.3 Å². The van der Waals surface area contributed by atoms with Crippen LogP contribution in [0.3, 0.4) is 0 Å². The Morgan fingerprint density at radius 2 is 1.90 bits per heavy atom. The van der Waals surface area contributed by atoms with Crippen LogP contribution in [0.1, 0.15) is 22.8 Å². The van der Waals surface area contributed by atoms with Gasteiger partial charge in [0.1, 0.15) is 22.2 Å². The fraction of sp³-hybridized carbons (Fsp3) is 0.190. The summed E-state index contributed by atoms with van der Waals surface area (Å²) in [5.41, 5.74) is 1.24. The molecule has 8 heteroatoms. The number of fused-ring (bicyclic) bond motifs is 1. The fourth-order valence-corrected chi connectivity index (χ4v) is 4.30. The Bertz CT molecular complexity index is 1220. The number of hydrogen-bond donors (Lipinski definition) is 1. The predicted molar refractivity (Wildman–Crippen MR) is 106 cm³/mol. The molecule has 0 aliphatic heterocycles. The van der Waals surface area contributed by atoms with Gasteiger partial charge in [-0.3, -0.25) is 0 Å². The Kier molecular flexibility index (Phi) is 4.24. The summed E-state index contributed by atoms with van der Waals surface area (Å²) in [6.07, 6.45) is 1.93. The molecule has 4 aromatic rings. The maximum Gasteiger partial charge on any atom is 0.181 e. The van der Waals surface area contributed by atoms with Crippen molar-refractivity contribution in [2.24, 2.45) is 0 Å². The molecule has 0 saturated heterocycles. The van der Waals surface area contributed by atoms with Crippen molar-refractivity contribution in [1.29, 1.82) is 0 Å². The van der Waals surface area contributed by atoms with E-state index >= 15 is 0 Å². The molecule has 3 heterocycles. The lowest BCUT2D eigenvalue weighted by Crippen LogP contribution is -2.08. The van der Waals surface area contributed by atoms with Gasteiger partial charge in [0.15, 0.2) is 17.5 Å². The van der Waals surface area contributed by atoms with Gasteiger partial charge in [-0.2, -0.15) is 0 Å². The van der Waals surface area contributed by atoms with E-state index in [0.29, 0.717) is 17.3 Å². The minimum absolute atomic E-state index is 0.0622. The molecule has 3 aromatic heterocycles. The van der Waals surface area contributed by atoms with Crippen LogP contribution in [0.2, 0.25) is 0 Å². The minimum atomic E-state index is -0.846. The van der Waals surface area contributed by atoms with Crippen LogP contribution < -0.4 is 5.32 Å². The molecule has 1 aromatic carbocycles. The topological polar surface area (TPSA) is 50.7 Å². The Balaban J connectivity index is 1.48. The average molecular weight is 412 g/mol. The molecule has 1 N–H and O–H groups in total. The highest BCUT2D eigenvalue weighted by molar-refractivity contribution is 7.18. The number of hydrogen-bond acceptors (Lipinski definition) is 5. The van der Waals surface area contributed by atoms with E-state index < -0.39 is 17.5 Å². The molecule has 2 atom stereocenters. The maximum absolute atomic E-state index is 13.6. The standard InChI is InChI=1S/C21H15F3N4S/c1-10-6-14-19(26-18-8-13(18)11-2-4-15(23)16(24)7-11)27-20(28-21(14)29-10)17-5-3-12(22)9-25-17/h2-7,9,13,18H,8H2,1H3,(H,26,27,28)/t13-,18+/m0/s1. The molecular weight excluding hydrogens is 397 g/mol. The van der Waals surface area contributed by atoms with Gasteiger partial charge in [0.2, 0.25) is 0 Å². The van der Waals surface area contributed by atoms with Crippen molar-refractivity contribution in [1.82, 2.24) is 15.0 Å². The van der Waals surface area contributed by atoms with Crippen molar-refractivity contribution in [3.63, 3.8) is 0 Å². The number of rotatable bonds is 4. The molecule has 0 amide bonds. The molecule has 5 rings (SSSR count). The van der Waals surface area contributed by atoms with E-state index in [1.54, 1.807) is 23.5 Å². The average Bonchev–Trinajstić information content (AvgIpc) is 3.35. The number of nitrogens with zero attached hydrogens (tertiary/aromatic N) is 3. The highest BCUT2D eigenvalue weighted by atomic mass is 32.1. The second-order valence-corrected chi connectivity index (χ2v) is 8.33. The molecule has 0 unspecified atom stereocenters. The zero-order valence-electron chi connectivity index (χ0n) is 15.3. The van der Waals surface area contributed by atoms with Crippen LogP contribution in [-0.2, 0) is 0 Å². The number of halogens is 3. The Morgan fingerprint density at radius 1 is 1.03 bits per heavy atom. The van der Waals surface area contributed by atoms with Gasteiger partial charge in [-0.1, -0.05) is 6.07 Å². The summed E-state index contributed by atoms with van der Waals surface area (Å²) in [6, 6.07) is 8.96. The zero-order chi connectivity index (χ0) is 20.1. The van der Waals surface area contributed by atoms with Crippen molar-refractivity contribution < 1.29 is 13.2 Å². The van der Waals surface area contributed by atoms with Gasteiger partial charge < -0.3 is 5.32 Å². The van der Waals surface area contributed by atoms with Crippen molar-refractivity contribution >= 4 is 27.4 Å². The summed E-state index contributed by atoms with van der Waals surface area (Å²) >= 11 is 1.54. The number of anilines is 1. The van der Waals surface area contributed by atoms with Crippen LogP contribution in [0, 0.1) is 24.4 Å². The normalized spacial score (nSPS) is 18.2. The van der Waals surface area contributed by atoms with Gasteiger partial charge in [-0.25, -0.2) is 28.1 Å². The molecule has 146 valence electrons. The number of pyridine rings is 1. The second-order valence-electron chi connectivity index (χ2n) is 7.10. The van der Waals surface area contributed by atoms with E-state index in [1.165, 1.54) is 12.1 Å². The largest absolute Gasteiger partial charge is 0.366 e. The number of aryl methyl sites for hydroxylation is 1. The monoisotopic (exact) mass is 412 g/mol. The highest BCUT2D eigenvalue weighted by Crippen LogP contribution is 2.44. The van der Waals surface area contributed by atoms with E-state index in [4.69, 9.17) is 0 Å². The molecule has 0 radical (unpaired) electrons. The van der Waals surface area contributed by atoms with Gasteiger partial charge >= 0.3 is 0 Å². The van der Waals surface area contributed by atoms with Crippen LogP contribution in [0.5, 0.6) is 0 Å². The van der Waals surface area contributed by atoms with Crippen molar-refractivity contribution in [2.45, 2.75) is 25.3 Å². The molecule has 1 saturated carbocycles. The predicted octanol–water partition coefficient (Wildman–Crippen LogP) is 5.45. The third-order valence-electron chi connectivity index (χ3n) is 4.96. The zero-order valence-corrected chi connectivity index (χ0v) is 16.1. The fourth-order valence-electron chi connectivity index (χ4n) is 3.42. The first-order chi connectivity index (χ1) is 14.0. The van der Waals surface area contributed by atoms with Crippen LogP contribution in [0.15, 0.2) is 42.6 Å². The number of thiophene rings is 1. The second kappa shape index (κ2) is 6.81. The molecular formula is C21H15F3N4S. The first-order valence-corrected chi connectivity index (χ1v) is 9.91. The number of nitrogens with one attached hydrogen (secondary N) is 1. The number of aromatic nitrogens is 3. The SMILES string of the molecule is Cc1cc2c(N[C@@H]3C[C@H]3c3ccc(F)c(F)c3)nc(-c3ccc(F)cn3)nc2s1. The first-order valence-electron chi connectivity index (χ1n) is 9.09. The third-order valence-corrected chi connectivity index (χ3v) is 5.90. The van der Waals surface area contributed by atoms with Gasteiger partial charge in [0.25, 0.3) is 0 Å². The molecule has 1 aliphatic rings. The first kappa shape index (κ1) is 18.1. The van der Waals surface area contributed by atoms with Gasteiger partial charge in [0.05, 0.1) is 11.6 Å². The molecule has 0 bridgehead atoms. The summed E-state index contributed by atoms with van der Waals surface area (Å²) in [4.78, 5) is 15.2. The van der Waals surface area contributed by atoms with Crippen molar-refractivity contribution in [2.75, 3.05) is 5.32 Å². The summed E-state index contributed by atoms with van der Waals surface area (Å²) in [5.74, 6) is -0.950. The minimum Gasteiger partial charge on any atom is -0.366 e. The van der Waals surface area contributed by atoms with Gasteiger partial charge in [-0.15, -0.1) is 11.3 Å². The lowest BCUT2D eigenvalue weighted by Gasteiger charge is -2.09. The van der Waals surface area contributed by atoms with Gasteiger partial charge in [0, 0.05) is 16.8 Å². The van der Waals surface area contributed by atoms with Crippen molar-refractivity contribution in [3.05, 3.63) is 70.5 Å². The van der Waals surface area contributed by atoms with E-state index in [9.17, 15) is 13.2 Å². The summed E-state index contributed by atoms with van der Waals surface area (Å²) < 4.78 is 40.0. The summed E-state index contributed by atoms with van der Waals surface area (Å²) in [5, 5.41) is 4.31. The van der Waals surface area contributed by atoms with Crippen LogP contribution in [0.25, 0.3) is 21.7 Å². The number of benzene rings is 1. The molecule has 0 spiro atoms. The van der Waals surface area contributed by atoms with E-state index in [2.05, 4.69) is 20.3 Å². The summed E-state index contributed by atoms with van der Waals surface area (Å²) in [6.45, 7) is 1.99. The third kappa shape index (κ3) is 3.44. The quantitative estimate of drug-likeness (QED) is 0.484. The Labute approximate surface area is 168 Å².